The van der Waals surface area contributed by atoms with Crippen LogP contribution in [0.15, 0.2) is 84.0 Å². The van der Waals surface area contributed by atoms with Gasteiger partial charge in [0.1, 0.15) is 11.6 Å². The van der Waals surface area contributed by atoms with Crippen LogP contribution in [-0.4, -0.2) is 46.7 Å². The lowest BCUT2D eigenvalue weighted by Crippen LogP contribution is -2.24. The summed E-state index contributed by atoms with van der Waals surface area (Å²) in [7, 11) is 1.53. The zero-order valence-electron chi connectivity index (χ0n) is 19.3. The van der Waals surface area contributed by atoms with Crippen LogP contribution in [0, 0.1) is 5.82 Å². The second-order valence-corrected chi connectivity index (χ2v) is 7.54. The monoisotopic (exact) mass is 487 g/mol. The van der Waals surface area contributed by atoms with Crippen molar-refractivity contribution in [2.24, 2.45) is 5.10 Å². The van der Waals surface area contributed by atoms with Crippen LogP contribution in [0.4, 0.5) is 4.39 Å². The van der Waals surface area contributed by atoms with E-state index in [4.69, 9.17) is 9.47 Å². The number of benzene rings is 3. The molecule has 0 spiro atoms. The van der Waals surface area contributed by atoms with E-state index in [-0.39, 0.29) is 36.3 Å². The van der Waals surface area contributed by atoms with Gasteiger partial charge in [-0.3, -0.25) is 9.59 Å². The molecule has 0 bridgehead atoms. The van der Waals surface area contributed by atoms with Crippen LogP contribution in [0.3, 0.4) is 0 Å². The molecule has 4 rings (SSSR count). The average Bonchev–Trinajstić information content (AvgIpc) is 3.33. The molecule has 0 saturated heterocycles. The Hall–Kier alpha value is -4.86. The van der Waals surface area contributed by atoms with E-state index in [9.17, 15) is 14.0 Å². The maximum absolute atomic E-state index is 13.2. The molecule has 3 aromatic carbocycles. The normalized spacial score (nSPS) is 10.8. The Morgan fingerprint density at radius 1 is 1.03 bits per heavy atom. The first-order chi connectivity index (χ1) is 17.5. The number of halogens is 1. The minimum atomic E-state index is -0.547. The third-order valence-corrected chi connectivity index (χ3v) is 5.06. The van der Waals surface area contributed by atoms with Gasteiger partial charge in [-0.2, -0.15) is 5.10 Å². The van der Waals surface area contributed by atoms with Gasteiger partial charge in [0, 0.05) is 12.1 Å². The number of Topliss-reactive ketones (excluding diaryl/α,β-unsaturated/α-hetero) is 1. The van der Waals surface area contributed by atoms with Gasteiger partial charge in [0.2, 0.25) is 5.69 Å². The molecule has 1 aromatic heterocycles. The van der Waals surface area contributed by atoms with Crippen LogP contribution in [0.2, 0.25) is 0 Å². The highest BCUT2D eigenvalue weighted by Crippen LogP contribution is 2.18. The largest absolute Gasteiger partial charge is 0.497 e. The van der Waals surface area contributed by atoms with Gasteiger partial charge in [-0.15, -0.1) is 5.10 Å². The van der Waals surface area contributed by atoms with Crippen molar-refractivity contribution in [3.63, 3.8) is 0 Å². The van der Waals surface area contributed by atoms with Crippen LogP contribution >= 0.6 is 0 Å². The molecule has 1 N–H and O–H groups in total. The summed E-state index contributed by atoms with van der Waals surface area (Å²) in [4.78, 5) is 26.5. The number of nitrogens with zero attached hydrogens (tertiary/aromatic N) is 4. The van der Waals surface area contributed by atoms with Crippen molar-refractivity contribution in [1.29, 1.82) is 0 Å². The van der Waals surface area contributed by atoms with Gasteiger partial charge in [-0.1, -0.05) is 47.3 Å². The van der Waals surface area contributed by atoms with Crippen LogP contribution in [0.5, 0.6) is 11.6 Å². The molecule has 0 aliphatic heterocycles. The van der Waals surface area contributed by atoms with Crippen molar-refractivity contribution in [2.75, 3.05) is 13.7 Å². The summed E-state index contributed by atoms with van der Waals surface area (Å²) in [6.07, 6.45) is 1.40. The van der Waals surface area contributed by atoms with Gasteiger partial charge >= 0.3 is 0 Å². The lowest BCUT2D eigenvalue weighted by atomic mass is 10.1. The fourth-order valence-corrected chi connectivity index (χ4v) is 3.14. The van der Waals surface area contributed by atoms with Crippen molar-refractivity contribution < 1.29 is 23.5 Å². The Morgan fingerprint density at radius 3 is 2.44 bits per heavy atom. The summed E-state index contributed by atoms with van der Waals surface area (Å²) < 4.78 is 24.0. The number of hydrogen-bond donors (Lipinski definition) is 1. The first-order valence-corrected chi connectivity index (χ1v) is 10.9. The van der Waals surface area contributed by atoms with E-state index < -0.39 is 5.91 Å². The van der Waals surface area contributed by atoms with Crippen LogP contribution in [0.25, 0.3) is 0 Å². The Morgan fingerprint density at radius 2 is 1.75 bits per heavy atom. The van der Waals surface area contributed by atoms with Gasteiger partial charge in [0.05, 0.1) is 13.3 Å². The fourth-order valence-electron chi connectivity index (χ4n) is 3.14. The molecular weight excluding hydrogens is 465 g/mol. The number of nitrogens with one attached hydrogen (secondary N) is 1. The number of rotatable bonds is 10. The average molecular weight is 487 g/mol. The second-order valence-electron chi connectivity index (χ2n) is 7.54. The lowest BCUT2D eigenvalue weighted by molar-refractivity contribution is 0.0895. The summed E-state index contributed by atoms with van der Waals surface area (Å²) in [6, 6.07) is 21.5. The molecule has 0 aliphatic rings. The minimum absolute atomic E-state index is 0.110. The number of carbonyl (C=O) groups excluding carboxylic acids is 2. The summed E-state index contributed by atoms with van der Waals surface area (Å²) in [5.41, 5.74) is 1.75. The van der Waals surface area contributed by atoms with Gasteiger partial charge in [0.15, 0.2) is 12.4 Å². The number of methoxy groups -OCH3 is 1. The van der Waals surface area contributed by atoms with Gasteiger partial charge < -0.3 is 14.8 Å². The Labute approximate surface area is 206 Å². The van der Waals surface area contributed by atoms with E-state index in [1.165, 1.54) is 37.6 Å². The first kappa shape index (κ1) is 24.3. The number of hydrogen-bond acceptors (Lipinski definition) is 7. The van der Waals surface area contributed by atoms with E-state index in [0.29, 0.717) is 16.9 Å². The predicted molar refractivity (Wildman–Crippen MR) is 130 cm³/mol. The zero-order valence-corrected chi connectivity index (χ0v) is 19.3. The molecular formula is C26H22FN5O4. The molecule has 182 valence electrons. The SMILES string of the molecule is COc1ccc(C(=O)COc2c(C(=O)NCc3ccccc3)nnn2N=Cc2ccc(F)cc2)cc1. The topological polar surface area (TPSA) is 108 Å². The highest BCUT2D eigenvalue weighted by molar-refractivity contribution is 5.98. The first-order valence-electron chi connectivity index (χ1n) is 10.9. The maximum Gasteiger partial charge on any atom is 0.277 e. The van der Waals surface area contributed by atoms with Crippen LogP contribution in [0.1, 0.15) is 32.0 Å². The Bertz CT molecular complexity index is 1350. The minimum Gasteiger partial charge on any atom is -0.497 e. The van der Waals surface area contributed by atoms with E-state index >= 15 is 0 Å². The Kier molecular flexibility index (Phi) is 7.76. The summed E-state index contributed by atoms with van der Waals surface area (Å²) in [5, 5.41) is 14.7. The molecule has 0 fully saturated rings. The van der Waals surface area contributed by atoms with Crippen molar-refractivity contribution in [3.05, 3.63) is 107 Å². The summed E-state index contributed by atoms with van der Waals surface area (Å²) >= 11 is 0. The molecule has 36 heavy (non-hydrogen) atoms. The maximum atomic E-state index is 13.2. The molecule has 0 radical (unpaired) electrons. The van der Waals surface area contributed by atoms with E-state index in [2.05, 4.69) is 20.7 Å². The molecule has 10 heteroatoms. The second kappa shape index (κ2) is 11.5. The lowest BCUT2D eigenvalue weighted by Gasteiger charge is -2.08. The van der Waals surface area contributed by atoms with Gasteiger partial charge in [-0.05, 0) is 52.7 Å². The summed E-state index contributed by atoms with van der Waals surface area (Å²) in [5.74, 6) is -0.757. The van der Waals surface area contributed by atoms with Crippen LogP contribution in [-0.2, 0) is 6.54 Å². The van der Waals surface area contributed by atoms with E-state index in [1.54, 1.807) is 24.3 Å². The highest BCUT2D eigenvalue weighted by atomic mass is 19.1. The van der Waals surface area contributed by atoms with Gasteiger partial charge in [-0.25, -0.2) is 4.39 Å². The molecule has 9 nitrogen and oxygen atoms in total. The highest BCUT2D eigenvalue weighted by Gasteiger charge is 2.22. The van der Waals surface area contributed by atoms with Crippen molar-refractivity contribution in [3.8, 4) is 11.6 Å². The number of carbonyl (C=O) groups is 2. The van der Waals surface area contributed by atoms with E-state index in [1.807, 2.05) is 30.3 Å². The molecule has 0 aliphatic carbocycles. The smallest absolute Gasteiger partial charge is 0.277 e. The van der Waals surface area contributed by atoms with Crippen molar-refractivity contribution in [1.82, 2.24) is 20.4 Å². The Balaban J connectivity index is 1.54. The standard InChI is InChI=1S/C26H22FN5O4/c1-35-22-13-9-20(10-14-22)23(33)17-36-26-24(25(34)28-15-18-5-3-2-4-6-18)30-31-32(26)29-16-19-7-11-21(27)12-8-19/h2-14,16H,15,17H2,1H3,(H,28,34). The molecule has 1 amide bonds. The fraction of sp³-hybridized carbons (Fsp3) is 0.115. The molecule has 0 saturated carbocycles. The van der Waals surface area contributed by atoms with Crippen LogP contribution < -0.4 is 14.8 Å². The third kappa shape index (κ3) is 6.17. The quantitative estimate of drug-likeness (QED) is 0.271. The van der Waals surface area contributed by atoms with Crippen molar-refractivity contribution in [2.45, 2.75) is 6.54 Å². The third-order valence-electron chi connectivity index (χ3n) is 5.06. The number of ketones is 1. The summed E-state index contributed by atoms with van der Waals surface area (Å²) in [6.45, 7) is -0.125. The number of amides is 1. The molecule has 0 unspecified atom stereocenters. The number of ether oxygens (including phenoxy) is 2. The molecule has 1 heterocycles. The van der Waals surface area contributed by atoms with E-state index in [0.717, 1.165) is 10.4 Å². The molecule has 0 atom stereocenters. The predicted octanol–water partition coefficient (Wildman–Crippen LogP) is 3.50. The number of aromatic nitrogens is 3. The van der Waals surface area contributed by atoms with Crippen molar-refractivity contribution >= 4 is 17.9 Å². The zero-order chi connectivity index (χ0) is 25.3. The molecule has 4 aromatic rings. The van der Waals surface area contributed by atoms with Gasteiger partial charge in [0.25, 0.3) is 11.8 Å².